The molecule has 0 unspecified atom stereocenters. The third-order valence-corrected chi connectivity index (χ3v) is 6.76. The first-order valence-electron chi connectivity index (χ1n) is 11.9. The summed E-state index contributed by atoms with van der Waals surface area (Å²) in [5, 5.41) is 11.3. The van der Waals surface area contributed by atoms with Crippen LogP contribution in [0.5, 0.6) is 5.75 Å². The predicted molar refractivity (Wildman–Crippen MR) is 137 cm³/mol. The van der Waals surface area contributed by atoms with E-state index in [4.69, 9.17) is 20.4 Å². The summed E-state index contributed by atoms with van der Waals surface area (Å²) in [6.07, 6.45) is 4.93. The van der Waals surface area contributed by atoms with E-state index in [9.17, 15) is 5.11 Å². The van der Waals surface area contributed by atoms with Crippen LogP contribution in [0.4, 0.5) is 5.82 Å². The lowest BCUT2D eigenvalue weighted by Gasteiger charge is -2.40. The number of fused-ring (bicyclic) bond motifs is 2. The first-order chi connectivity index (χ1) is 16.9. The number of pyridine rings is 1. The van der Waals surface area contributed by atoms with Crippen molar-refractivity contribution >= 4 is 22.2 Å². The molecular formula is C28H27N5O2. The molecule has 1 aliphatic rings. The molecule has 1 aliphatic carbocycles. The average molecular weight is 466 g/mol. The number of rotatable bonds is 5. The first kappa shape index (κ1) is 21.6. The lowest BCUT2D eigenvalue weighted by Crippen LogP contribution is -2.40. The van der Waals surface area contributed by atoms with E-state index in [1.54, 1.807) is 6.20 Å². The molecule has 3 aromatic heterocycles. The van der Waals surface area contributed by atoms with Crippen molar-refractivity contribution in [3.8, 4) is 28.3 Å². The van der Waals surface area contributed by atoms with E-state index >= 15 is 0 Å². The highest BCUT2D eigenvalue weighted by molar-refractivity contribution is 5.94. The second-order valence-electron chi connectivity index (χ2n) is 9.49. The SMILES string of the molecule is CCOc1cc(-c2ccccc2)nc2cc(-c3nc(C4CC(C)(O)C4)n4ccnc(N)c34)ccc12. The molecule has 0 atom stereocenters. The minimum absolute atomic E-state index is 0.167. The molecule has 0 amide bonds. The van der Waals surface area contributed by atoms with Gasteiger partial charge in [-0.3, -0.25) is 4.40 Å². The predicted octanol–water partition coefficient (Wildman–Crippen LogP) is 5.22. The summed E-state index contributed by atoms with van der Waals surface area (Å²) in [7, 11) is 0. The Bertz CT molecular complexity index is 1550. The minimum atomic E-state index is -0.647. The number of anilines is 1. The standard InChI is InChI=1S/C28H27N5O2/c1-3-35-23-14-21(17-7-5-4-6-8-17)31-22-13-18(9-10-20(22)23)24-25-26(29)30-11-12-33(25)27(32-24)19-15-28(2,34)16-19/h4-14,19,34H,3,15-16H2,1-2H3,(H2,29,30). The Morgan fingerprint density at radius 1 is 1.09 bits per heavy atom. The van der Waals surface area contributed by atoms with Gasteiger partial charge in [0.2, 0.25) is 0 Å². The molecule has 3 N–H and O–H groups in total. The zero-order chi connectivity index (χ0) is 24.2. The lowest BCUT2D eigenvalue weighted by atomic mass is 9.72. The number of imidazole rings is 1. The third-order valence-electron chi connectivity index (χ3n) is 6.76. The molecule has 0 saturated heterocycles. The number of ether oxygens (including phenoxy) is 1. The molecule has 1 fully saturated rings. The molecule has 0 spiro atoms. The highest BCUT2D eigenvalue weighted by Gasteiger charge is 2.41. The Morgan fingerprint density at radius 3 is 2.63 bits per heavy atom. The second-order valence-corrected chi connectivity index (χ2v) is 9.49. The van der Waals surface area contributed by atoms with Gasteiger partial charge in [0.05, 0.1) is 23.4 Å². The lowest BCUT2D eigenvalue weighted by molar-refractivity contribution is -0.0335. The largest absolute Gasteiger partial charge is 0.493 e. The van der Waals surface area contributed by atoms with Crippen molar-refractivity contribution in [3.05, 3.63) is 72.8 Å². The third kappa shape index (κ3) is 3.68. The highest BCUT2D eigenvalue weighted by Crippen LogP contribution is 2.45. The van der Waals surface area contributed by atoms with Gasteiger partial charge in [0, 0.05) is 40.9 Å². The van der Waals surface area contributed by atoms with Gasteiger partial charge in [-0.1, -0.05) is 36.4 Å². The number of hydrogen-bond donors (Lipinski definition) is 2. The summed E-state index contributed by atoms with van der Waals surface area (Å²) < 4.78 is 8.00. The smallest absolute Gasteiger partial charge is 0.150 e. The number of aromatic nitrogens is 4. The van der Waals surface area contributed by atoms with Gasteiger partial charge in [-0.05, 0) is 38.8 Å². The van der Waals surface area contributed by atoms with Gasteiger partial charge < -0.3 is 15.6 Å². The molecular weight excluding hydrogens is 438 g/mol. The number of nitrogens with zero attached hydrogens (tertiary/aromatic N) is 4. The zero-order valence-corrected chi connectivity index (χ0v) is 19.8. The molecule has 5 aromatic rings. The topological polar surface area (TPSA) is 98.6 Å². The second kappa shape index (κ2) is 8.06. The number of aliphatic hydroxyl groups is 1. The fraction of sp³-hybridized carbons (Fsp3) is 0.250. The van der Waals surface area contributed by atoms with Crippen molar-refractivity contribution in [2.24, 2.45) is 0 Å². The van der Waals surface area contributed by atoms with Gasteiger partial charge in [-0.2, -0.15) is 0 Å². The number of hydrogen-bond acceptors (Lipinski definition) is 6. The van der Waals surface area contributed by atoms with Crippen LogP contribution in [0.3, 0.4) is 0 Å². The van der Waals surface area contributed by atoms with Crippen molar-refractivity contribution in [3.63, 3.8) is 0 Å². The maximum absolute atomic E-state index is 10.3. The van der Waals surface area contributed by atoms with Crippen LogP contribution in [0.25, 0.3) is 38.9 Å². The van der Waals surface area contributed by atoms with Crippen LogP contribution in [-0.4, -0.2) is 36.7 Å². The Labute approximate surface area is 203 Å². The molecule has 2 aromatic carbocycles. The van der Waals surface area contributed by atoms with E-state index < -0.39 is 5.60 Å². The molecule has 6 rings (SSSR count). The van der Waals surface area contributed by atoms with Gasteiger partial charge in [0.15, 0.2) is 0 Å². The summed E-state index contributed by atoms with van der Waals surface area (Å²) in [4.78, 5) is 14.3. The van der Waals surface area contributed by atoms with Crippen LogP contribution in [0.15, 0.2) is 67.0 Å². The molecule has 1 saturated carbocycles. The molecule has 3 heterocycles. The van der Waals surface area contributed by atoms with Crippen LogP contribution in [0.1, 0.15) is 38.4 Å². The summed E-state index contributed by atoms with van der Waals surface area (Å²) in [5.74, 6) is 2.29. The summed E-state index contributed by atoms with van der Waals surface area (Å²) in [6, 6.07) is 18.2. The Hall–Kier alpha value is -3.97. The molecule has 176 valence electrons. The van der Waals surface area contributed by atoms with Gasteiger partial charge in [0.25, 0.3) is 0 Å². The van der Waals surface area contributed by atoms with Crippen molar-refractivity contribution in [1.82, 2.24) is 19.4 Å². The maximum Gasteiger partial charge on any atom is 0.150 e. The first-order valence-corrected chi connectivity index (χ1v) is 11.9. The van der Waals surface area contributed by atoms with Crippen molar-refractivity contribution in [2.75, 3.05) is 12.3 Å². The molecule has 35 heavy (non-hydrogen) atoms. The van der Waals surface area contributed by atoms with Crippen LogP contribution < -0.4 is 10.5 Å². The number of benzene rings is 2. The molecule has 7 heteroatoms. The zero-order valence-electron chi connectivity index (χ0n) is 19.8. The average Bonchev–Trinajstić information content (AvgIpc) is 3.23. The summed E-state index contributed by atoms with van der Waals surface area (Å²) in [5.41, 5.74) is 10.9. The van der Waals surface area contributed by atoms with Gasteiger partial charge in [0.1, 0.15) is 28.6 Å². The van der Waals surface area contributed by atoms with E-state index in [2.05, 4.69) is 4.98 Å². The molecule has 0 aliphatic heterocycles. The number of nitrogen functional groups attached to an aromatic ring is 1. The Morgan fingerprint density at radius 2 is 1.89 bits per heavy atom. The van der Waals surface area contributed by atoms with Crippen molar-refractivity contribution in [2.45, 2.75) is 38.2 Å². The fourth-order valence-electron chi connectivity index (χ4n) is 5.14. The van der Waals surface area contributed by atoms with E-state index in [-0.39, 0.29) is 5.92 Å². The van der Waals surface area contributed by atoms with E-state index in [1.165, 1.54) is 0 Å². The summed E-state index contributed by atoms with van der Waals surface area (Å²) >= 11 is 0. The fourth-order valence-corrected chi connectivity index (χ4v) is 5.14. The van der Waals surface area contributed by atoms with Crippen molar-refractivity contribution < 1.29 is 9.84 Å². The van der Waals surface area contributed by atoms with E-state index in [1.807, 2.05) is 79.0 Å². The quantitative estimate of drug-likeness (QED) is 0.369. The molecule has 0 radical (unpaired) electrons. The van der Waals surface area contributed by atoms with Crippen LogP contribution >= 0.6 is 0 Å². The van der Waals surface area contributed by atoms with Crippen molar-refractivity contribution in [1.29, 1.82) is 0 Å². The molecule has 7 nitrogen and oxygen atoms in total. The monoisotopic (exact) mass is 465 g/mol. The summed E-state index contributed by atoms with van der Waals surface area (Å²) in [6.45, 7) is 4.41. The normalized spacial score (nSPS) is 19.7. The van der Waals surface area contributed by atoms with E-state index in [0.717, 1.165) is 50.5 Å². The van der Waals surface area contributed by atoms with Gasteiger partial charge >= 0.3 is 0 Å². The van der Waals surface area contributed by atoms with Gasteiger partial charge in [-0.15, -0.1) is 0 Å². The van der Waals surface area contributed by atoms with Crippen LogP contribution in [0, 0.1) is 0 Å². The van der Waals surface area contributed by atoms with Crippen LogP contribution in [0.2, 0.25) is 0 Å². The van der Waals surface area contributed by atoms with Gasteiger partial charge in [-0.25, -0.2) is 15.0 Å². The maximum atomic E-state index is 10.3. The molecule has 0 bridgehead atoms. The Kier molecular flexibility index (Phi) is 4.96. The highest BCUT2D eigenvalue weighted by atomic mass is 16.5. The number of nitrogens with two attached hydrogens (primary N) is 1. The Balaban J connectivity index is 1.53. The minimum Gasteiger partial charge on any atom is -0.493 e. The van der Waals surface area contributed by atoms with E-state index in [0.29, 0.717) is 25.3 Å². The van der Waals surface area contributed by atoms with Crippen LogP contribution in [-0.2, 0) is 0 Å².